The maximum Gasteiger partial charge on any atom is 0.220 e. The van der Waals surface area contributed by atoms with Gasteiger partial charge >= 0.3 is 0 Å². The first-order valence-electron chi connectivity index (χ1n) is 10.0. The van der Waals surface area contributed by atoms with E-state index in [-0.39, 0.29) is 11.3 Å². The number of nitrogens with zero attached hydrogens (tertiary/aromatic N) is 2. The fourth-order valence-electron chi connectivity index (χ4n) is 4.35. The molecule has 2 saturated heterocycles. The van der Waals surface area contributed by atoms with Gasteiger partial charge in [0.25, 0.3) is 0 Å². The Morgan fingerprint density at radius 2 is 2.14 bits per heavy atom. The topological polar surface area (TPSA) is 66.0 Å². The normalized spacial score (nSPS) is 22.5. The van der Waals surface area contributed by atoms with E-state index in [9.17, 15) is 4.79 Å². The number of ether oxygens (including phenoxy) is 1. The highest BCUT2D eigenvalue weighted by Gasteiger charge is 2.42. The van der Waals surface area contributed by atoms with Gasteiger partial charge in [0, 0.05) is 38.5 Å². The number of amides is 1. The van der Waals surface area contributed by atoms with Gasteiger partial charge in [-0.05, 0) is 35.7 Å². The lowest BCUT2D eigenvalue weighted by atomic mass is 9.79. The molecule has 0 aromatic heterocycles. The van der Waals surface area contributed by atoms with Crippen LogP contribution in [0.4, 0.5) is 0 Å². The predicted octanol–water partition coefficient (Wildman–Crippen LogP) is 2.40. The maximum absolute atomic E-state index is 11.7. The second-order valence-electron chi connectivity index (χ2n) is 7.81. The van der Waals surface area contributed by atoms with Crippen molar-refractivity contribution in [3.8, 4) is 5.75 Å². The number of nitrogens with one attached hydrogen (secondary N) is 2. The van der Waals surface area contributed by atoms with E-state index in [2.05, 4.69) is 44.8 Å². The Bertz CT molecular complexity index is 882. The van der Waals surface area contributed by atoms with Gasteiger partial charge in [0.2, 0.25) is 5.91 Å². The van der Waals surface area contributed by atoms with Crippen LogP contribution < -0.4 is 15.4 Å². The lowest BCUT2D eigenvalue weighted by Gasteiger charge is -2.40. The molecule has 1 atom stereocenters. The Morgan fingerprint density at radius 3 is 2.93 bits per heavy atom. The molecule has 1 unspecified atom stereocenters. The highest BCUT2D eigenvalue weighted by Crippen LogP contribution is 2.35. The molecule has 148 valence electrons. The number of fused-ring (bicyclic) bond motifs is 1. The first kappa shape index (κ1) is 18.6. The van der Waals surface area contributed by atoms with E-state index in [4.69, 9.17) is 4.74 Å². The molecule has 2 fully saturated rings. The molecule has 6 nitrogen and oxygen atoms in total. The lowest BCUT2D eigenvalue weighted by Crippen LogP contribution is -2.51. The molecule has 28 heavy (non-hydrogen) atoms. The van der Waals surface area contributed by atoms with Crippen LogP contribution in [0.5, 0.6) is 5.75 Å². The summed E-state index contributed by atoms with van der Waals surface area (Å²) in [6.45, 7) is 3.87. The summed E-state index contributed by atoms with van der Waals surface area (Å²) in [5, 5.41) is 8.80. The SMILES string of the molecule is CN=C(NCCOc1ccc2ccccc2c1)N1CCCC2(CNC(=O)C2)C1. The van der Waals surface area contributed by atoms with Crippen molar-refractivity contribution < 1.29 is 9.53 Å². The molecule has 1 amide bonds. The molecule has 4 rings (SSSR count). The Hall–Kier alpha value is -2.76. The molecule has 2 aliphatic rings. The molecule has 2 aliphatic heterocycles. The fraction of sp³-hybridized carbons (Fsp3) is 0.455. The number of likely N-dealkylation sites (tertiary alicyclic amines) is 1. The van der Waals surface area contributed by atoms with E-state index in [0.29, 0.717) is 19.6 Å². The molecule has 0 bridgehead atoms. The van der Waals surface area contributed by atoms with Crippen LogP contribution in [-0.4, -0.2) is 56.6 Å². The van der Waals surface area contributed by atoms with Crippen LogP contribution >= 0.6 is 0 Å². The Labute approximate surface area is 166 Å². The van der Waals surface area contributed by atoms with Gasteiger partial charge in [-0.3, -0.25) is 9.79 Å². The minimum atomic E-state index is 0.0640. The molecule has 0 radical (unpaired) electrons. The molecule has 2 aromatic rings. The molecule has 2 aromatic carbocycles. The summed E-state index contributed by atoms with van der Waals surface area (Å²) in [4.78, 5) is 18.4. The smallest absolute Gasteiger partial charge is 0.220 e. The average molecular weight is 380 g/mol. The molecule has 6 heteroatoms. The van der Waals surface area contributed by atoms with Crippen LogP contribution in [0, 0.1) is 5.41 Å². The third-order valence-corrected chi connectivity index (χ3v) is 5.74. The highest BCUT2D eigenvalue weighted by atomic mass is 16.5. The molecule has 2 heterocycles. The van der Waals surface area contributed by atoms with E-state index in [0.717, 1.165) is 44.2 Å². The van der Waals surface area contributed by atoms with Crippen molar-refractivity contribution in [1.82, 2.24) is 15.5 Å². The van der Waals surface area contributed by atoms with E-state index >= 15 is 0 Å². The zero-order chi connectivity index (χ0) is 19.4. The van der Waals surface area contributed by atoms with Crippen molar-refractivity contribution in [3.63, 3.8) is 0 Å². The second-order valence-corrected chi connectivity index (χ2v) is 7.81. The summed E-state index contributed by atoms with van der Waals surface area (Å²) in [7, 11) is 1.81. The van der Waals surface area contributed by atoms with Crippen molar-refractivity contribution in [2.45, 2.75) is 19.3 Å². The van der Waals surface area contributed by atoms with Crippen LogP contribution in [0.1, 0.15) is 19.3 Å². The van der Waals surface area contributed by atoms with Crippen LogP contribution in [-0.2, 0) is 4.79 Å². The largest absolute Gasteiger partial charge is 0.492 e. The molecular formula is C22H28N4O2. The van der Waals surface area contributed by atoms with Gasteiger partial charge in [-0.25, -0.2) is 0 Å². The summed E-state index contributed by atoms with van der Waals surface area (Å²) in [6.07, 6.45) is 2.82. The van der Waals surface area contributed by atoms with Crippen molar-refractivity contribution in [1.29, 1.82) is 0 Å². The quantitative estimate of drug-likeness (QED) is 0.486. The zero-order valence-corrected chi connectivity index (χ0v) is 16.4. The van der Waals surface area contributed by atoms with Crippen molar-refractivity contribution >= 4 is 22.6 Å². The number of hydrogen-bond donors (Lipinski definition) is 2. The number of rotatable bonds is 4. The van der Waals surface area contributed by atoms with Crippen LogP contribution in [0.15, 0.2) is 47.5 Å². The molecule has 2 N–H and O–H groups in total. The molecular weight excluding hydrogens is 352 g/mol. The van der Waals surface area contributed by atoms with Crippen LogP contribution in [0.3, 0.4) is 0 Å². The predicted molar refractivity (Wildman–Crippen MR) is 112 cm³/mol. The molecule has 0 saturated carbocycles. The van der Waals surface area contributed by atoms with Crippen LogP contribution in [0.25, 0.3) is 10.8 Å². The Balaban J connectivity index is 1.29. The summed E-state index contributed by atoms with van der Waals surface area (Å²) in [6, 6.07) is 14.4. The lowest BCUT2D eigenvalue weighted by molar-refractivity contribution is -0.119. The average Bonchev–Trinajstić information content (AvgIpc) is 3.07. The minimum Gasteiger partial charge on any atom is -0.492 e. The Kier molecular flexibility index (Phi) is 5.37. The number of guanidine groups is 1. The number of piperidine rings is 1. The summed E-state index contributed by atoms with van der Waals surface area (Å²) >= 11 is 0. The minimum absolute atomic E-state index is 0.0640. The summed E-state index contributed by atoms with van der Waals surface area (Å²) in [5.74, 6) is 1.94. The highest BCUT2D eigenvalue weighted by molar-refractivity contribution is 5.84. The van der Waals surface area contributed by atoms with E-state index < -0.39 is 0 Å². The number of carbonyl (C=O) groups excluding carboxylic acids is 1. The molecule has 1 spiro atoms. The maximum atomic E-state index is 11.7. The third-order valence-electron chi connectivity index (χ3n) is 5.74. The van der Waals surface area contributed by atoms with Gasteiger partial charge in [0.1, 0.15) is 12.4 Å². The van der Waals surface area contributed by atoms with Crippen molar-refractivity contribution in [2.24, 2.45) is 10.4 Å². The second kappa shape index (κ2) is 8.09. The van der Waals surface area contributed by atoms with Crippen LogP contribution in [0.2, 0.25) is 0 Å². The van der Waals surface area contributed by atoms with E-state index in [1.807, 2.05) is 25.2 Å². The van der Waals surface area contributed by atoms with Gasteiger partial charge in [0.05, 0.1) is 6.54 Å². The number of aliphatic imine (C=N–C) groups is 1. The number of benzene rings is 2. The first-order valence-corrected chi connectivity index (χ1v) is 10.0. The summed E-state index contributed by atoms with van der Waals surface area (Å²) in [5.41, 5.74) is 0.0640. The first-order chi connectivity index (χ1) is 13.7. The van der Waals surface area contributed by atoms with E-state index in [1.54, 1.807) is 0 Å². The van der Waals surface area contributed by atoms with Crippen molar-refractivity contribution in [3.05, 3.63) is 42.5 Å². The van der Waals surface area contributed by atoms with Gasteiger partial charge in [0.15, 0.2) is 5.96 Å². The van der Waals surface area contributed by atoms with Gasteiger partial charge < -0.3 is 20.3 Å². The Morgan fingerprint density at radius 1 is 1.29 bits per heavy atom. The van der Waals surface area contributed by atoms with E-state index in [1.165, 1.54) is 10.8 Å². The number of carbonyl (C=O) groups is 1. The van der Waals surface area contributed by atoms with Crippen molar-refractivity contribution in [2.75, 3.05) is 39.8 Å². The van der Waals surface area contributed by atoms with Gasteiger partial charge in [-0.2, -0.15) is 0 Å². The molecule has 0 aliphatic carbocycles. The monoisotopic (exact) mass is 380 g/mol. The standard InChI is InChI=1S/C22H28N4O2/c1-23-21(26-11-4-9-22(16-26)14-20(27)25-15-22)24-10-12-28-19-8-7-17-5-2-3-6-18(17)13-19/h2-3,5-8,13H,4,9-12,14-16H2,1H3,(H,23,24)(H,25,27). The van der Waals surface area contributed by atoms with Gasteiger partial charge in [-0.15, -0.1) is 0 Å². The number of hydrogen-bond acceptors (Lipinski definition) is 3. The zero-order valence-electron chi connectivity index (χ0n) is 16.4. The summed E-state index contributed by atoms with van der Waals surface area (Å²) < 4.78 is 5.91. The third kappa shape index (κ3) is 4.06. The van der Waals surface area contributed by atoms with Gasteiger partial charge in [-0.1, -0.05) is 30.3 Å². The fourth-order valence-corrected chi connectivity index (χ4v) is 4.35.